The first-order valence-corrected chi connectivity index (χ1v) is 1.35. The van der Waals surface area contributed by atoms with Gasteiger partial charge in [-0.2, -0.15) is 0 Å². The molecule has 0 unspecified atom stereocenters. The van der Waals surface area contributed by atoms with Crippen LogP contribution in [0.15, 0.2) is 12.3 Å². The highest BCUT2D eigenvalue weighted by Crippen LogP contribution is 1.54. The summed E-state index contributed by atoms with van der Waals surface area (Å²) in [5.41, 5.74) is 4.48. The molecule has 0 atom stereocenters. The van der Waals surface area contributed by atoms with Crippen molar-refractivity contribution in [3.63, 3.8) is 0 Å². The third-order valence-electron chi connectivity index (χ3n) is 0.232. The maximum Gasteiger partial charge on any atom is 0.240 e. The zero-order valence-corrected chi connectivity index (χ0v) is 3.05. The van der Waals surface area contributed by atoms with Crippen molar-refractivity contribution in [1.82, 2.24) is 0 Å². The second-order valence-corrected chi connectivity index (χ2v) is 0.705. The summed E-state index contributed by atoms with van der Waals surface area (Å²) in [5, 5.41) is 9.26. The molecular weight excluding hydrogens is 82.0 g/mol. The van der Waals surface area contributed by atoms with E-state index in [4.69, 9.17) is 0 Å². The van der Waals surface area contributed by atoms with Crippen molar-refractivity contribution in [3.8, 4) is 0 Å². The van der Waals surface area contributed by atoms with Crippen LogP contribution in [0.25, 0.3) is 0 Å². The Hall–Kier alpha value is -0.990. The molecule has 0 saturated heterocycles. The maximum atomic E-state index is 9.53. The Morgan fingerprint density at radius 1 is 1.83 bits per heavy atom. The molecule has 0 aliphatic rings. The zero-order chi connectivity index (χ0) is 4.99. The summed E-state index contributed by atoms with van der Waals surface area (Å²) in [6, 6.07) is 0. The lowest BCUT2D eigenvalue weighted by Crippen LogP contribution is -2.06. The molecule has 3 nitrogen and oxygen atoms in total. The summed E-state index contributed by atoms with van der Waals surface area (Å²) in [6.45, 7) is 0. The molecule has 2 N–H and O–H groups in total. The van der Waals surface area contributed by atoms with Crippen LogP contribution < -0.4 is 10.8 Å². The van der Waals surface area contributed by atoms with Crippen LogP contribution in [0.4, 0.5) is 0 Å². The van der Waals surface area contributed by atoms with E-state index in [1.165, 1.54) is 0 Å². The second kappa shape index (κ2) is 2.26. The van der Waals surface area contributed by atoms with Crippen molar-refractivity contribution in [2.75, 3.05) is 0 Å². The third kappa shape index (κ3) is 3.01. The topological polar surface area (TPSA) is 66.2 Å². The molecule has 0 bridgehead atoms. The van der Waals surface area contributed by atoms with Gasteiger partial charge in [0, 0.05) is 0 Å². The molecule has 0 aromatic rings. The van der Waals surface area contributed by atoms with Crippen molar-refractivity contribution in [2.24, 2.45) is 5.73 Å². The first-order valence-electron chi connectivity index (χ1n) is 1.35. The van der Waals surface area contributed by atoms with Crippen molar-refractivity contribution in [1.29, 1.82) is 0 Å². The number of carbonyl (C=O) groups excluding carboxylic acids is 1. The molecule has 6 heavy (non-hydrogen) atoms. The fourth-order valence-electron chi connectivity index (χ4n) is 0.0671. The molecule has 0 aromatic carbocycles. The smallest absolute Gasteiger partial charge is 0.240 e. The van der Waals surface area contributed by atoms with Crippen molar-refractivity contribution in [2.45, 2.75) is 0 Å². The predicted molar refractivity (Wildman–Crippen MR) is 18.3 cm³/mol. The quantitative estimate of drug-likeness (QED) is 0.307. The number of amides is 1. The van der Waals surface area contributed by atoms with Crippen LogP contribution in [-0.2, 0) is 4.79 Å². The SMILES string of the molecule is NC(=O)C=C[O-]. The summed E-state index contributed by atoms with van der Waals surface area (Å²) >= 11 is 0. The molecule has 0 aliphatic carbocycles. The van der Waals surface area contributed by atoms with Gasteiger partial charge < -0.3 is 10.8 Å². The number of primary amides is 1. The molecule has 0 radical (unpaired) electrons. The molecule has 0 saturated carbocycles. The Morgan fingerprint density at radius 3 is 2.33 bits per heavy atom. The summed E-state index contributed by atoms with van der Waals surface area (Å²) < 4.78 is 0. The van der Waals surface area contributed by atoms with Gasteiger partial charge in [-0.1, -0.05) is 0 Å². The number of hydrogen-bond acceptors (Lipinski definition) is 2. The van der Waals surface area contributed by atoms with E-state index in [1.807, 2.05) is 0 Å². The van der Waals surface area contributed by atoms with Crippen molar-refractivity contribution in [3.05, 3.63) is 12.3 Å². The van der Waals surface area contributed by atoms with Gasteiger partial charge in [0.05, 0.1) is 0 Å². The molecule has 3 heteroatoms. The van der Waals surface area contributed by atoms with Crippen LogP contribution in [0.1, 0.15) is 0 Å². The minimum absolute atomic E-state index is 0.350. The first-order chi connectivity index (χ1) is 2.77. The molecule has 0 rings (SSSR count). The molecule has 0 heterocycles. The second-order valence-electron chi connectivity index (χ2n) is 0.705. The van der Waals surface area contributed by atoms with E-state index in [1.54, 1.807) is 0 Å². The van der Waals surface area contributed by atoms with Crippen LogP contribution in [0.3, 0.4) is 0 Å². The Bertz CT molecular complexity index is 76.9. The Balaban J connectivity index is 3.30. The summed E-state index contributed by atoms with van der Waals surface area (Å²) in [5.74, 6) is -0.704. The number of rotatable bonds is 1. The van der Waals surface area contributed by atoms with Gasteiger partial charge in [-0.05, 0) is 6.08 Å². The average Bonchev–Trinajstić information content (AvgIpc) is 1.35. The van der Waals surface area contributed by atoms with E-state index in [-0.39, 0.29) is 0 Å². The van der Waals surface area contributed by atoms with Gasteiger partial charge in [-0.15, -0.1) is 6.26 Å². The van der Waals surface area contributed by atoms with Gasteiger partial charge in [0.25, 0.3) is 0 Å². The normalized spacial score (nSPS) is 9.33. The van der Waals surface area contributed by atoms with Gasteiger partial charge in [0.1, 0.15) is 0 Å². The van der Waals surface area contributed by atoms with Crippen molar-refractivity contribution >= 4 is 5.91 Å². The monoisotopic (exact) mass is 86.0 g/mol. The van der Waals surface area contributed by atoms with Gasteiger partial charge >= 0.3 is 0 Å². The summed E-state index contributed by atoms with van der Waals surface area (Å²) in [4.78, 5) is 9.53. The third-order valence-corrected chi connectivity index (χ3v) is 0.232. The van der Waals surface area contributed by atoms with E-state index in [2.05, 4.69) is 5.73 Å². The standard InChI is InChI=1S/C3H5NO2/c4-3(6)1-2-5/h1-2,5H,(H2,4,6)/p-1. The van der Waals surface area contributed by atoms with Crippen LogP contribution in [0.5, 0.6) is 0 Å². The highest BCUT2D eigenvalue weighted by Gasteiger charge is 1.71. The highest BCUT2D eigenvalue weighted by molar-refractivity contribution is 5.85. The molecular formula is C3H4NO2-. The molecule has 0 fully saturated rings. The molecule has 0 aliphatic heterocycles. The predicted octanol–water partition coefficient (Wildman–Crippen LogP) is -1.65. The largest absolute Gasteiger partial charge is 0.878 e. The zero-order valence-electron chi connectivity index (χ0n) is 3.05. The fraction of sp³-hybridized carbons (Fsp3) is 0. The highest BCUT2D eigenvalue weighted by atomic mass is 16.2. The number of hydrogen-bond donors (Lipinski definition) is 1. The van der Waals surface area contributed by atoms with Gasteiger partial charge in [-0.25, -0.2) is 0 Å². The molecule has 34 valence electrons. The van der Waals surface area contributed by atoms with Crippen LogP contribution in [0.2, 0.25) is 0 Å². The van der Waals surface area contributed by atoms with Crippen molar-refractivity contribution < 1.29 is 9.90 Å². The minimum Gasteiger partial charge on any atom is -0.878 e. The molecule has 0 spiro atoms. The molecule has 0 aromatic heterocycles. The first kappa shape index (κ1) is 5.01. The minimum atomic E-state index is -0.704. The number of carbonyl (C=O) groups is 1. The maximum absolute atomic E-state index is 9.53. The van der Waals surface area contributed by atoms with Crippen LogP contribution in [0, 0.1) is 0 Å². The van der Waals surface area contributed by atoms with E-state index < -0.39 is 5.91 Å². The Morgan fingerprint density at radius 2 is 2.33 bits per heavy atom. The molecule has 1 amide bonds. The van der Waals surface area contributed by atoms with E-state index in [0.717, 1.165) is 6.08 Å². The van der Waals surface area contributed by atoms with Gasteiger partial charge in [0.15, 0.2) is 0 Å². The van der Waals surface area contributed by atoms with Crippen LogP contribution in [-0.4, -0.2) is 5.91 Å². The number of nitrogens with two attached hydrogens (primary N) is 1. The van der Waals surface area contributed by atoms with E-state index in [9.17, 15) is 9.90 Å². The summed E-state index contributed by atoms with van der Waals surface area (Å²) in [6.07, 6.45) is 1.10. The van der Waals surface area contributed by atoms with Gasteiger partial charge in [-0.3, -0.25) is 4.79 Å². The Kier molecular flexibility index (Phi) is 1.89. The van der Waals surface area contributed by atoms with E-state index in [0.29, 0.717) is 6.26 Å². The lowest BCUT2D eigenvalue weighted by molar-refractivity contribution is -0.274. The fourth-order valence-corrected chi connectivity index (χ4v) is 0.0671. The van der Waals surface area contributed by atoms with Gasteiger partial charge in [0.2, 0.25) is 5.91 Å². The lowest BCUT2D eigenvalue weighted by atomic mass is 10.6. The van der Waals surface area contributed by atoms with E-state index >= 15 is 0 Å². The van der Waals surface area contributed by atoms with Crippen LogP contribution >= 0.6 is 0 Å². The lowest BCUT2D eigenvalue weighted by Gasteiger charge is -1.81. The Labute approximate surface area is 35.1 Å². The average molecular weight is 86.1 g/mol. The summed E-state index contributed by atoms with van der Waals surface area (Å²) in [7, 11) is 0.